The lowest BCUT2D eigenvalue weighted by Crippen LogP contribution is -2.04. The van der Waals surface area contributed by atoms with E-state index in [0.717, 1.165) is 16.5 Å². The van der Waals surface area contributed by atoms with Crippen LogP contribution in [0.1, 0.15) is 11.1 Å². The number of aromatic amines is 1. The van der Waals surface area contributed by atoms with Crippen LogP contribution in [0.2, 0.25) is 0 Å². The normalized spacial score (nSPS) is 15.5. The maximum atomic E-state index is 13.7. The van der Waals surface area contributed by atoms with Crippen molar-refractivity contribution in [2.24, 2.45) is 0 Å². The molecule has 2 N–H and O–H groups in total. The summed E-state index contributed by atoms with van der Waals surface area (Å²) in [6, 6.07) is 10.4. The van der Waals surface area contributed by atoms with Crippen LogP contribution in [-0.2, 0) is 4.79 Å². The lowest BCUT2D eigenvalue weighted by molar-refractivity contribution is -0.110. The molecule has 2 aromatic carbocycles. The Hall–Kier alpha value is -2.95. The van der Waals surface area contributed by atoms with E-state index in [2.05, 4.69) is 15.5 Å². The van der Waals surface area contributed by atoms with E-state index in [4.69, 9.17) is 0 Å². The summed E-state index contributed by atoms with van der Waals surface area (Å²) < 4.78 is 13.7. The van der Waals surface area contributed by atoms with Crippen molar-refractivity contribution in [2.75, 3.05) is 5.32 Å². The molecule has 1 aliphatic heterocycles. The molecule has 4 rings (SSSR count). The van der Waals surface area contributed by atoms with Gasteiger partial charge in [0.05, 0.1) is 17.4 Å². The van der Waals surface area contributed by atoms with Gasteiger partial charge in [0.15, 0.2) is 0 Å². The number of nitrogens with one attached hydrogen (secondary N) is 2. The molecule has 21 heavy (non-hydrogen) atoms. The molecule has 5 heteroatoms. The summed E-state index contributed by atoms with van der Waals surface area (Å²) in [5.41, 5.74) is 3.04. The minimum Gasteiger partial charge on any atom is -0.319 e. The van der Waals surface area contributed by atoms with E-state index in [0.29, 0.717) is 11.1 Å². The number of carbonyl (C=O) groups is 1. The lowest BCUT2D eigenvalue weighted by Gasteiger charge is -1.99. The Balaban J connectivity index is 1.86. The molecule has 2 heterocycles. The van der Waals surface area contributed by atoms with Gasteiger partial charge in [0, 0.05) is 16.5 Å². The predicted octanol–water partition coefficient (Wildman–Crippen LogP) is 3.19. The highest BCUT2D eigenvalue weighted by atomic mass is 19.1. The Morgan fingerprint density at radius 3 is 3.00 bits per heavy atom. The number of carbonyl (C=O) groups excluding carboxylic acids is 1. The molecule has 0 saturated heterocycles. The molecule has 0 unspecified atom stereocenters. The molecular weight excluding hydrogens is 269 g/mol. The molecule has 1 amide bonds. The molecule has 1 aliphatic rings. The van der Waals surface area contributed by atoms with E-state index in [1.807, 2.05) is 18.2 Å². The highest BCUT2D eigenvalue weighted by Gasteiger charge is 2.26. The van der Waals surface area contributed by atoms with Crippen molar-refractivity contribution >= 4 is 34.1 Å². The van der Waals surface area contributed by atoms with E-state index in [9.17, 15) is 9.18 Å². The first kappa shape index (κ1) is 11.8. The van der Waals surface area contributed by atoms with Gasteiger partial charge in [-0.05, 0) is 23.8 Å². The Bertz CT molecular complexity index is 911. The van der Waals surface area contributed by atoms with E-state index in [-0.39, 0.29) is 11.6 Å². The lowest BCUT2D eigenvalue weighted by atomic mass is 10.0. The number of hydrogen-bond donors (Lipinski definition) is 2. The number of benzene rings is 2. The number of amides is 1. The van der Waals surface area contributed by atoms with Crippen molar-refractivity contribution in [3.05, 3.63) is 59.5 Å². The number of fused-ring (bicyclic) bond motifs is 2. The van der Waals surface area contributed by atoms with Crippen LogP contribution in [-0.4, -0.2) is 16.1 Å². The van der Waals surface area contributed by atoms with Crippen LogP contribution in [0.15, 0.2) is 42.6 Å². The quantitative estimate of drug-likeness (QED) is 0.672. The average Bonchev–Trinajstić information content (AvgIpc) is 3.05. The van der Waals surface area contributed by atoms with E-state index in [1.165, 1.54) is 6.07 Å². The van der Waals surface area contributed by atoms with Gasteiger partial charge in [0.1, 0.15) is 5.82 Å². The molecule has 0 atom stereocenters. The van der Waals surface area contributed by atoms with Gasteiger partial charge >= 0.3 is 0 Å². The summed E-state index contributed by atoms with van der Waals surface area (Å²) in [5.74, 6) is -0.715. The standard InChI is InChI=1S/C16H10FN3O/c17-13-3-1-2-11-12(16(21)19-15(11)13)6-9-4-5-10-8-18-20-14(10)7-9/h1-8H,(H,18,20)(H,19,21)/b12-6+. The third-order valence-electron chi connectivity index (χ3n) is 3.56. The topological polar surface area (TPSA) is 57.8 Å². The summed E-state index contributed by atoms with van der Waals surface area (Å²) in [6.07, 6.45) is 3.49. The summed E-state index contributed by atoms with van der Waals surface area (Å²) >= 11 is 0. The highest BCUT2D eigenvalue weighted by Crippen LogP contribution is 2.34. The monoisotopic (exact) mass is 279 g/mol. The van der Waals surface area contributed by atoms with E-state index in [1.54, 1.807) is 24.4 Å². The van der Waals surface area contributed by atoms with E-state index < -0.39 is 5.82 Å². The molecule has 0 radical (unpaired) electrons. The molecule has 4 nitrogen and oxygen atoms in total. The number of H-pyrrole nitrogens is 1. The third-order valence-corrected chi connectivity index (χ3v) is 3.56. The smallest absolute Gasteiger partial charge is 0.256 e. The van der Waals surface area contributed by atoms with Crippen molar-refractivity contribution in [3.63, 3.8) is 0 Å². The van der Waals surface area contributed by atoms with Crippen LogP contribution >= 0.6 is 0 Å². The minimum absolute atomic E-state index is 0.247. The number of nitrogens with zero attached hydrogens (tertiary/aromatic N) is 1. The summed E-state index contributed by atoms with van der Waals surface area (Å²) in [4.78, 5) is 12.0. The number of rotatable bonds is 1. The maximum absolute atomic E-state index is 13.7. The fourth-order valence-corrected chi connectivity index (χ4v) is 2.53. The molecule has 102 valence electrons. The van der Waals surface area contributed by atoms with Crippen molar-refractivity contribution in [1.29, 1.82) is 0 Å². The van der Waals surface area contributed by atoms with Crippen LogP contribution in [0, 0.1) is 5.82 Å². The second kappa shape index (κ2) is 4.28. The second-order valence-corrected chi connectivity index (χ2v) is 4.89. The summed E-state index contributed by atoms with van der Waals surface area (Å²) in [5, 5.41) is 10.4. The van der Waals surface area contributed by atoms with Gasteiger partial charge in [-0.25, -0.2) is 4.39 Å². The zero-order valence-electron chi connectivity index (χ0n) is 10.9. The van der Waals surface area contributed by atoms with Crippen molar-refractivity contribution in [3.8, 4) is 0 Å². The second-order valence-electron chi connectivity index (χ2n) is 4.89. The zero-order valence-corrected chi connectivity index (χ0v) is 10.9. The third kappa shape index (κ3) is 1.82. The largest absolute Gasteiger partial charge is 0.319 e. The van der Waals surface area contributed by atoms with E-state index >= 15 is 0 Å². The summed E-state index contributed by atoms with van der Waals surface area (Å²) in [6.45, 7) is 0. The van der Waals surface area contributed by atoms with Crippen LogP contribution < -0.4 is 5.32 Å². The molecule has 0 bridgehead atoms. The molecule has 0 aliphatic carbocycles. The van der Waals surface area contributed by atoms with Gasteiger partial charge < -0.3 is 5.32 Å². The van der Waals surface area contributed by atoms with Gasteiger partial charge in [-0.2, -0.15) is 5.10 Å². The van der Waals surface area contributed by atoms with Crippen LogP contribution in [0.5, 0.6) is 0 Å². The molecule has 3 aromatic rings. The Morgan fingerprint density at radius 1 is 1.19 bits per heavy atom. The van der Waals surface area contributed by atoms with Crippen LogP contribution in [0.4, 0.5) is 10.1 Å². The zero-order chi connectivity index (χ0) is 14.4. The number of anilines is 1. The summed E-state index contributed by atoms with van der Waals surface area (Å²) in [7, 11) is 0. The molecule has 0 saturated carbocycles. The average molecular weight is 279 g/mol. The number of para-hydroxylation sites is 1. The van der Waals surface area contributed by atoms with Gasteiger partial charge in [0.25, 0.3) is 5.91 Å². The van der Waals surface area contributed by atoms with Crippen molar-refractivity contribution < 1.29 is 9.18 Å². The highest BCUT2D eigenvalue weighted by molar-refractivity contribution is 6.35. The Morgan fingerprint density at radius 2 is 2.10 bits per heavy atom. The van der Waals surface area contributed by atoms with Crippen molar-refractivity contribution in [1.82, 2.24) is 10.2 Å². The fourth-order valence-electron chi connectivity index (χ4n) is 2.53. The number of hydrogen-bond acceptors (Lipinski definition) is 2. The number of aromatic nitrogens is 2. The molecule has 0 spiro atoms. The Labute approximate surface area is 119 Å². The minimum atomic E-state index is -0.423. The number of halogens is 1. The first-order chi connectivity index (χ1) is 10.2. The fraction of sp³-hybridized carbons (Fsp3) is 0. The SMILES string of the molecule is O=C1Nc2c(F)cccc2/C1=C\c1ccc2cn[nH]c2c1. The van der Waals surface area contributed by atoms with Gasteiger partial charge in [-0.15, -0.1) is 0 Å². The molecular formula is C16H10FN3O. The predicted molar refractivity (Wildman–Crippen MR) is 79.0 cm³/mol. The van der Waals surface area contributed by atoms with Gasteiger partial charge in [-0.3, -0.25) is 9.89 Å². The molecule has 1 aromatic heterocycles. The van der Waals surface area contributed by atoms with Gasteiger partial charge in [-0.1, -0.05) is 24.3 Å². The van der Waals surface area contributed by atoms with Crippen LogP contribution in [0.3, 0.4) is 0 Å². The first-order valence-corrected chi connectivity index (χ1v) is 6.47. The first-order valence-electron chi connectivity index (χ1n) is 6.47. The van der Waals surface area contributed by atoms with Gasteiger partial charge in [0.2, 0.25) is 0 Å². The van der Waals surface area contributed by atoms with Crippen molar-refractivity contribution in [2.45, 2.75) is 0 Å². The van der Waals surface area contributed by atoms with Crippen LogP contribution in [0.25, 0.3) is 22.6 Å². The Kier molecular flexibility index (Phi) is 2.41. The molecule has 0 fully saturated rings. The maximum Gasteiger partial charge on any atom is 0.256 e.